The van der Waals surface area contributed by atoms with Crippen molar-refractivity contribution in [3.63, 3.8) is 0 Å². The van der Waals surface area contributed by atoms with Crippen LogP contribution >= 0.6 is 0 Å². The topological polar surface area (TPSA) is 38.9 Å². The SMILES string of the molecule is CC.CC.Nc1ccccn1. The maximum atomic E-state index is 5.25. The number of rotatable bonds is 0. The van der Waals surface area contributed by atoms with E-state index >= 15 is 0 Å². The van der Waals surface area contributed by atoms with Gasteiger partial charge in [-0.15, -0.1) is 0 Å². The summed E-state index contributed by atoms with van der Waals surface area (Å²) in [5, 5.41) is 0. The lowest BCUT2D eigenvalue weighted by atomic mass is 10.5. The number of nitrogens with zero attached hydrogens (tertiary/aromatic N) is 1. The monoisotopic (exact) mass is 154 g/mol. The van der Waals surface area contributed by atoms with Crippen molar-refractivity contribution < 1.29 is 0 Å². The lowest BCUT2D eigenvalue weighted by molar-refractivity contribution is 1.34. The van der Waals surface area contributed by atoms with E-state index in [0.717, 1.165) is 0 Å². The van der Waals surface area contributed by atoms with Gasteiger partial charge in [-0.2, -0.15) is 0 Å². The normalized spacial score (nSPS) is 6.55. The van der Waals surface area contributed by atoms with Gasteiger partial charge in [-0.05, 0) is 12.1 Å². The average molecular weight is 154 g/mol. The summed E-state index contributed by atoms with van der Waals surface area (Å²) in [5.74, 6) is 0.572. The number of anilines is 1. The second-order valence-corrected chi connectivity index (χ2v) is 1.25. The van der Waals surface area contributed by atoms with Crippen molar-refractivity contribution in [3.05, 3.63) is 24.4 Å². The third kappa shape index (κ3) is 8.95. The smallest absolute Gasteiger partial charge is 0.123 e. The molecule has 1 aromatic heterocycles. The van der Waals surface area contributed by atoms with Crippen LogP contribution in [0.1, 0.15) is 27.7 Å². The van der Waals surface area contributed by atoms with Gasteiger partial charge in [0.2, 0.25) is 0 Å². The van der Waals surface area contributed by atoms with Gasteiger partial charge in [0, 0.05) is 6.20 Å². The van der Waals surface area contributed by atoms with Crippen LogP contribution < -0.4 is 5.73 Å². The molecule has 0 bridgehead atoms. The van der Waals surface area contributed by atoms with Crippen LogP contribution in [-0.2, 0) is 0 Å². The second-order valence-electron chi connectivity index (χ2n) is 1.25. The Kier molecular flexibility index (Phi) is 13.4. The predicted octanol–water partition coefficient (Wildman–Crippen LogP) is 2.72. The fourth-order valence-electron chi connectivity index (χ4n) is 0.376. The van der Waals surface area contributed by atoms with Gasteiger partial charge in [0.1, 0.15) is 5.82 Å². The highest BCUT2D eigenvalue weighted by Crippen LogP contribution is 1.89. The van der Waals surface area contributed by atoms with Crippen LogP contribution in [-0.4, -0.2) is 4.98 Å². The van der Waals surface area contributed by atoms with Gasteiger partial charge >= 0.3 is 0 Å². The molecule has 0 amide bonds. The molecule has 0 aliphatic heterocycles. The van der Waals surface area contributed by atoms with Crippen molar-refractivity contribution in [3.8, 4) is 0 Å². The molecular weight excluding hydrogens is 136 g/mol. The number of nitrogen functional groups attached to an aromatic ring is 1. The average Bonchev–Trinajstić information content (AvgIpc) is 2.13. The molecule has 0 unspecified atom stereocenters. The molecule has 64 valence electrons. The Hall–Kier alpha value is -1.05. The Bertz CT molecular complexity index is 137. The molecule has 2 nitrogen and oxygen atoms in total. The van der Waals surface area contributed by atoms with E-state index in [1.54, 1.807) is 12.3 Å². The van der Waals surface area contributed by atoms with Crippen molar-refractivity contribution in [1.82, 2.24) is 4.98 Å². The van der Waals surface area contributed by atoms with Gasteiger partial charge in [0.05, 0.1) is 0 Å². The molecular formula is C9H18N2. The number of pyridine rings is 1. The van der Waals surface area contributed by atoms with E-state index in [4.69, 9.17) is 5.73 Å². The third-order valence-electron chi connectivity index (χ3n) is 0.688. The number of hydrogen-bond acceptors (Lipinski definition) is 2. The lowest BCUT2D eigenvalue weighted by Crippen LogP contribution is -1.85. The molecule has 2 heteroatoms. The Morgan fingerprint density at radius 1 is 1.09 bits per heavy atom. The minimum Gasteiger partial charge on any atom is -0.384 e. The molecule has 0 spiro atoms. The van der Waals surface area contributed by atoms with E-state index in [2.05, 4.69) is 4.98 Å². The highest BCUT2D eigenvalue weighted by molar-refractivity contribution is 5.25. The maximum absolute atomic E-state index is 5.25. The largest absolute Gasteiger partial charge is 0.384 e. The molecule has 0 aromatic carbocycles. The first kappa shape index (κ1) is 12.6. The number of nitrogens with two attached hydrogens (primary N) is 1. The molecule has 0 fully saturated rings. The zero-order chi connectivity index (χ0) is 9.11. The molecule has 11 heavy (non-hydrogen) atoms. The van der Waals surface area contributed by atoms with Crippen LogP contribution in [0, 0.1) is 0 Å². The number of hydrogen-bond donors (Lipinski definition) is 1. The van der Waals surface area contributed by atoms with E-state index in [-0.39, 0.29) is 0 Å². The van der Waals surface area contributed by atoms with Crippen molar-refractivity contribution in [2.45, 2.75) is 27.7 Å². The van der Waals surface area contributed by atoms with Gasteiger partial charge in [-0.1, -0.05) is 33.8 Å². The minimum absolute atomic E-state index is 0.572. The second kappa shape index (κ2) is 11.7. The first-order valence-corrected chi connectivity index (χ1v) is 4.06. The summed E-state index contributed by atoms with van der Waals surface area (Å²) in [6, 6.07) is 5.43. The summed E-state index contributed by atoms with van der Waals surface area (Å²) in [6.45, 7) is 8.00. The van der Waals surface area contributed by atoms with E-state index in [1.165, 1.54) is 0 Å². The predicted molar refractivity (Wildman–Crippen MR) is 51.3 cm³/mol. The zero-order valence-corrected chi connectivity index (χ0v) is 7.83. The molecule has 1 aromatic rings. The zero-order valence-electron chi connectivity index (χ0n) is 7.83. The van der Waals surface area contributed by atoms with Crippen molar-refractivity contribution in [2.24, 2.45) is 0 Å². The number of aromatic nitrogens is 1. The molecule has 0 saturated heterocycles. The molecule has 0 atom stereocenters. The summed E-state index contributed by atoms with van der Waals surface area (Å²) < 4.78 is 0. The van der Waals surface area contributed by atoms with Crippen LogP contribution in [0.25, 0.3) is 0 Å². The van der Waals surface area contributed by atoms with Crippen LogP contribution in [0.3, 0.4) is 0 Å². The van der Waals surface area contributed by atoms with Gasteiger partial charge in [0.25, 0.3) is 0 Å². The van der Waals surface area contributed by atoms with Crippen molar-refractivity contribution in [2.75, 3.05) is 5.73 Å². The lowest BCUT2D eigenvalue weighted by Gasteiger charge is -1.82. The summed E-state index contributed by atoms with van der Waals surface area (Å²) in [6.07, 6.45) is 1.66. The van der Waals surface area contributed by atoms with E-state index in [1.807, 2.05) is 39.8 Å². The third-order valence-corrected chi connectivity index (χ3v) is 0.688. The van der Waals surface area contributed by atoms with Crippen molar-refractivity contribution >= 4 is 5.82 Å². The van der Waals surface area contributed by atoms with Gasteiger partial charge in [-0.25, -0.2) is 4.98 Å². The Morgan fingerprint density at radius 3 is 1.82 bits per heavy atom. The Balaban J connectivity index is 0. The molecule has 0 saturated carbocycles. The fourth-order valence-corrected chi connectivity index (χ4v) is 0.376. The first-order chi connectivity index (χ1) is 5.39. The highest BCUT2D eigenvalue weighted by Gasteiger charge is 1.73. The summed E-state index contributed by atoms with van der Waals surface area (Å²) in [4.78, 5) is 3.76. The van der Waals surface area contributed by atoms with Gasteiger partial charge < -0.3 is 5.73 Å². The molecule has 1 rings (SSSR count). The first-order valence-electron chi connectivity index (χ1n) is 4.06. The van der Waals surface area contributed by atoms with Gasteiger partial charge in [0.15, 0.2) is 0 Å². The summed E-state index contributed by atoms with van der Waals surface area (Å²) in [5.41, 5.74) is 5.25. The minimum atomic E-state index is 0.572. The van der Waals surface area contributed by atoms with Crippen LogP contribution in [0.2, 0.25) is 0 Å². The molecule has 0 aliphatic carbocycles. The van der Waals surface area contributed by atoms with E-state index in [0.29, 0.717) is 5.82 Å². The fraction of sp³-hybridized carbons (Fsp3) is 0.444. The Labute approximate surface area is 69.5 Å². The molecule has 0 aliphatic rings. The van der Waals surface area contributed by atoms with Crippen LogP contribution in [0.4, 0.5) is 5.82 Å². The summed E-state index contributed by atoms with van der Waals surface area (Å²) >= 11 is 0. The quantitative estimate of drug-likeness (QED) is 0.624. The van der Waals surface area contributed by atoms with E-state index < -0.39 is 0 Å². The standard InChI is InChI=1S/C5H6N2.2C2H6/c6-5-3-1-2-4-7-5;2*1-2/h1-4H,(H2,6,7);2*1-2H3. The van der Waals surface area contributed by atoms with E-state index in [9.17, 15) is 0 Å². The Morgan fingerprint density at radius 2 is 1.64 bits per heavy atom. The molecule has 0 radical (unpaired) electrons. The molecule has 2 N–H and O–H groups in total. The van der Waals surface area contributed by atoms with Gasteiger partial charge in [-0.3, -0.25) is 0 Å². The highest BCUT2D eigenvalue weighted by atomic mass is 14.8. The molecule has 1 heterocycles. The van der Waals surface area contributed by atoms with Crippen LogP contribution in [0.5, 0.6) is 0 Å². The summed E-state index contributed by atoms with van der Waals surface area (Å²) in [7, 11) is 0. The van der Waals surface area contributed by atoms with Crippen molar-refractivity contribution in [1.29, 1.82) is 0 Å². The maximum Gasteiger partial charge on any atom is 0.123 e. The van der Waals surface area contributed by atoms with Crippen LogP contribution in [0.15, 0.2) is 24.4 Å².